The van der Waals surface area contributed by atoms with Crippen LogP contribution in [0.25, 0.3) is 0 Å². The number of fused-ring (bicyclic) bond motifs is 1. The highest BCUT2D eigenvalue weighted by Crippen LogP contribution is 2.30. The van der Waals surface area contributed by atoms with Crippen molar-refractivity contribution in [1.82, 2.24) is 0 Å². The highest BCUT2D eigenvalue weighted by Gasteiger charge is 2.14. The van der Waals surface area contributed by atoms with Crippen LogP contribution in [0.2, 0.25) is 0 Å². The van der Waals surface area contributed by atoms with Crippen LogP contribution in [0.15, 0.2) is 18.2 Å². The fourth-order valence-corrected chi connectivity index (χ4v) is 1.68. The lowest BCUT2D eigenvalue weighted by Gasteiger charge is -2.09. The minimum Gasteiger partial charge on any atom is -0.490 e. The monoisotopic (exact) mass is 250 g/mol. The summed E-state index contributed by atoms with van der Waals surface area (Å²) in [6.45, 7) is 3.78. The van der Waals surface area contributed by atoms with E-state index in [4.69, 9.17) is 14.2 Å². The van der Waals surface area contributed by atoms with Crippen LogP contribution in [0.3, 0.4) is 0 Å². The fourth-order valence-electron chi connectivity index (χ4n) is 1.68. The summed E-state index contributed by atoms with van der Waals surface area (Å²) in [5, 5.41) is 0. The van der Waals surface area contributed by atoms with Crippen molar-refractivity contribution in [2.45, 2.75) is 26.2 Å². The second-order valence-electron chi connectivity index (χ2n) is 4.20. The summed E-state index contributed by atoms with van der Waals surface area (Å²) in [4.78, 5) is 11.8. The molecule has 1 heterocycles. The Labute approximate surface area is 107 Å². The van der Waals surface area contributed by atoms with Gasteiger partial charge in [-0.1, -0.05) is 13.3 Å². The number of hydrogen-bond acceptors (Lipinski definition) is 4. The maximum Gasteiger partial charge on any atom is 0.338 e. The zero-order chi connectivity index (χ0) is 12.8. The average Bonchev–Trinajstić information content (AvgIpc) is 2.63. The summed E-state index contributed by atoms with van der Waals surface area (Å²) >= 11 is 0. The molecule has 18 heavy (non-hydrogen) atoms. The third-order valence-corrected chi connectivity index (χ3v) is 2.71. The van der Waals surface area contributed by atoms with E-state index in [2.05, 4.69) is 6.92 Å². The Morgan fingerprint density at radius 2 is 2.06 bits per heavy atom. The summed E-state index contributed by atoms with van der Waals surface area (Å²) in [5.74, 6) is 1.01. The van der Waals surface area contributed by atoms with Gasteiger partial charge in [0.05, 0.1) is 25.4 Å². The summed E-state index contributed by atoms with van der Waals surface area (Å²) < 4.78 is 16.2. The molecule has 0 aromatic heterocycles. The highest BCUT2D eigenvalue weighted by atomic mass is 16.5. The molecule has 0 bridgehead atoms. The first-order chi connectivity index (χ1) is 8.81. The number of rotatable bonds is 4. The Bertz CT molecular complexity index is 414. The van der Waals surface area contributed by atoms with Gasteiger partial charge in [0.1, 0.15) is 0 Å². The summed E-state index contributed by atoms with van der Waals surface area (Å²) in [7, 11) is 0. The standard InChI is InChI=1S/C14H18O4/c1-2-3-7-18-14(15)11-5-6-12-13(10-11)17-9-4-8-16-12/h5-6,10H,2-4,7-9H2,1H3. The lowest BCUT2D eigenvalue weighted by molar-refractivity contribution is 0.0499. The van der Waals surface area contributed by atoms with E-state index in [9.17, 15) is 4.79 Å². The van der Waals surface area contributed by atoms with Crippen LogP contribution in [0, 0.1) is 0 Å². The fraction of sp³-hybridized carbons (Fsp3) is 0.500. The number of carbonyl (C=O) groups excluding carboxylic acids is 1. The number of unbranched alkanes of at least 4 members (excludes halogenated alkanes) is 1. The van der Waals surface area contributed by atoms with Gasteiger partial charge >= 0.3 is 5.97 Å². The maximum atomic E-state index is 11.8. The van der Waals surface area contributed by atoms with Crippen molar-refractivity contribution >= 4 is 5.97 Å². The van der Waals surface area contributed by atoms with Gasteiger partial charge in [0.25, 0.3) is 0 Å². The lowest BCUT2D eigenvalue weighted by Crippen LogP contribution is -2.06. The molecular formula is C14H18O4. The summed E-state index contributed by atoms with van der Waals surface area (Å²) in [6, 6.07) is 5.16. The molecule has 0 unspecified atom stereocenters. The predicted octanol–water partition coefficient (Wildman–Crippen LogP) is 2.80. The number of benzene rings is 1. The summed E-state index contributed by atoms with van der Waals surface area (Å²) in [5.41, 5.74) is 0.510. The third-order valence-electron chi connectivity index (χ3n) is 2.71. The molecule has 0 saturated heterocycles. The lowest BCUT2D eigenvalue weighted by atomic mass is 10.2. The highest BCUT2D eigenvalue weighted by molar-refractivity contribution is 5.90. The van der Waals surface area contributed by atoms with E-state index in [1.807, 2.05) is 0 Å². The van der Waals surface area contributed by atoms with E-state index >= 15 is 0 Å². The van der Waals surface area contributed by atoms with Crippen molar-refractivity contribution in [3.63, 3.8) is 0 Å². The van der Waals surface area contributed by atoms with Gasteiger partial charge in [-0.15, -0.1) is 0 Å². The molecule has 2 rings (SSSR count). The third kappa shape index (κ3) is 3.15. The molecule has 0 aliphatic carbocycles. The Morgan fingerprint density at radius 1 is 1.28 bits per heavy atom. The molecule has 1 aliphatic rings. The van der Waals surface area contributed by atoms with Gasteiger partial charge in [-0.3, -0.25) is 0 Å². The van der Waals surface area contributed by atoms with Crippen molar-refractivity contribution in [1.29, 1.82) is 0 Å². The van der Waals surface area contributed by atoms with Gasteiger partial charge in [0.2, 0.25) is 0 Å². The average molecular weight is 250 g/mol. The molecule has 1 aromatic carbocycles. The molecular weight excluding hydrogens is 232 g/mol. The quantitative estimate of drug-likeness (QED) is 0.609. The van der Waals surface area contributed by atoms with Crippen molar-refractivity contribution < 1.29 is 19.0 Å². The topological polar surface area (TPSA) is 44.8 Å². The molecule has 0 atom stereocenters. The maximum absolute atomic E-state index is 11.8. The Morgan fingerprint density at radius 3 is 2.83 bits per heavy atom. The SMILES string of the molecule is CCCCOC(=O)c1ccc2c(c1)OCCCO2. The predicted molar refractivity (Wildman–Crippen MR) is 67.2 cm³/mol. The second kappa shape index (κ2) is 6.28. The van der Waals surface area contributed by atoms with Crippen LogP contribution in [-0.2, 0) is 4.74 Å². The van der Waals surface area contributed by atoms with Crippen molar-refractivity contribution in [3.8, 4) is 11.5 Å². The first-order valence-corrected chi connectivity index (χ1v) is 6.38. The second-order valence-corrected chi connectivity index (χ2v) is 4.20. The Kier molecular flexibility index (Phi) is 4.45. The zero-order valence-corrected chi connectivity index (χ0v) is 10.6. The van der Waals surface area contributed by atoms with Crippen molar-refractivity contribution in [2.24, 2.45) is 0 Å². The smallest absolute Gasteiger partial charge is 0.338 e. The number of esters is 1. The normalized spacial score (nSPS) is 13.8. The van der Waals surface area contributed by atoms with Crippen molar-refractivity contribution in [3.05, 3.63) is 23.8 Å². The molecule has 0 radical (unpaired) electrons. The van der Waals surface area contributed by atoms with E-state index < -0.39 is 0 Å². The van der Waals surface area contributed by atoms with E-state index in [0.29, 0.717) is 36.9 Å². The molecule has 0 N–H and O–H groups in total. The number of hydrogen-bond donors (Lipinski definition) is 0. The van der Waals surface area contributed by atoms with Crippen molar-refractivity contribution in [2.75, 3.05) is 19.8 Å². The molecule has 98 valence electrons. The number of carbonyl (C=O) groups is 1. The summed E-state index contributed by atoms with van der Waals surface area (Å²) in [6.07, 6.45) is 2.75. The van der Waals surface area contributed by atoms with Gasteiger partial charge in [-0.05, 0) is 24.6 Å². The molecule has 0 fully saturated rings. The zero-order valence-electron chi connectivity index (χ0n) is 10.6. The molecule has 4 nitrogen and oxygen atoms in total. The minimum absolute atomic E-state index is 0.306. The number of ether oxygens (including phenoxy) is 3. The van der Waals surface area contributed by atoms with Crippen LogP contribution in [0.1, 0.15) is 36.5 Å². The first-order valence-electron chi connectivity index (χ1n) is 6.38. The molecule has 0 saturated carbocycles. The van der Waals surface area contributed by atoms with E-state index in [1.165, 1.54) is 0 Å². The van der Waals surface area contributed by atoms with E-state index in [1.54, 1.807) is 18.2 Å². The van der Waals surface area contributed by atoms with E-state index in [-0.39, 0.29) is 5.97 Å². The minimum atomic E-state index is -0.306. The van der Waals surface area contributed by atoms with Crippen LogP contribution in [0.5, 0.6) is 11.5 Å². The van der Waals surface area contributed by atoms with Gasteiger partial charge in [-0.2, -0.15) is 0 Å². The van der Waals surface area contributed by atoms with Gasteiger partial charge in [-0.25, -0.2) is 4.79 Å². The Hall–Kier alpha value is -1.71. The van der Waals surface area contributed by atoms with Gasteiger partial charge in [0.15, 0.2) is 11.5 Å². The largest absolute Gasteiger partial charge is 0.490 e. The van der Waals surface area contributed by atoms with Crippen LogP contribution in [-0.4, -0.2) is 25.8 Å². The van der Waals surface area contributed by atoms with Crippen LogP contribution in [0.4, 0.5) is 0 Å². The van der Waals surface area contributed by atoms with Crippen LogP contribution < -0.4 is 9.47 Å². The molecule has 1 aliphatic heterocycles. The molecule has 4 heteroatoms. The molecule has 0 amide bonds. The van der Waals surface area contributed by atoms with E-state index in [0.717, 1.165) is 19.3 Å². The van der Waals surface area contributed by atoms with Crippen LogP contribution >= 0.6 is 0 Å². The molecule has 1 aromatic rings. The van der Waals surface area contributed by atoms with Gasteiger partial charge in [0, 0.05) is 6.42 Å². The first kappa shape index (κ1) is 12.7. The molecule has 0 spiro atoms. The van der Waals surface area contributed by atoms with Gasteiger partial charge < -0.3 is 14.2 Å². The Balaban J connectivity index is 2.05.